The first-order chi connectivity index (χ1) is 8.48. The first-order valence-electron chi connectivity index (χ1n) is 6.31. The number of amides is 1. The lowest BCUT2D eigenvalue weighted by atomic mass is 9.80. The van der Waals surface area contributed by atoms with Crippen molar-refractivity contribution in [1.29, 1.82) is 0 Å². The lowest BCUT2D eigenvalue weighted by Gasteiger charge is -2.41. The minimum atomic E-state index is -2.63. The molecule has 1 aromatic rings. The third-order valence-corrected chi connectivity index (χ3v) is 4.06. The lowest BCUT2D eigenvalue weighted by molar-refractivity contribution is -0.162. The second-order valence-electron chi connectivity index (χ2n) is 5.30. The van der Waals surface area contributed by atoms with Crippen molar-refractivity contribution in [2.24, 2.45) is 5.92 Å². The molecule has 1 amide bonds. The molecule has 98 valence electrons. The molecule has 3 nitrogen and oxygen atoms in total. The Morgan fingerprint density at radius 1 is 1.39 bits per heavy atom. The lowest BCUT2D eigenvalue weighted by Crippen LogP contribution is -2.49. The number of alkyl halides is 2. The van der Waals surface area contributed by atoms with Gasteiger partial charge in [0.05, 0.1) is 6.04 Å². The SMILES string of the molecule is CC1c2cccn2CCN1C(=O)C1CC(F)(F)C1. The van der Waals surface area contributed by atoms with E-state index in [2.05, 4.69) is 4.57 Å². The fourth-order valence-electron chi connectivity index (χ4n) is 2.95. The predicted molar refractivity (Wildman–Crippen MR) is 62.2 cm³/mol. The van der Waals surface area contributed by atoms with Crippen LogP contribution in [0.1, 0.15) is 31.5 Å². The van der Waals surface area contributed by atoms with Crippen LogP contribution in [0.15, 0.2) is 18.3 Å². The number of hydrogen-bond donors (Lipinski definition) is 0. The summed E-state index contributed by atoms with van der Waals surface area (Å²) in [5, 5.41) is 0. The quantitative estimate of drug-likeness (QED) is 0.755. The highest BCUT2D eigenvalue weighted by Crippen LogP contribution is 2.44. The van der Waals surface area contributed by atoms with Gasteiger partial charge in [-0.2, -0.15) is 0 Å². The van der Waals surface area contributed by atoms with Crippen LogP contribution in [-0.4, -0.2) is 27.8 Å². The van der Waals surface area contributed by atoms with Gasteiger partial charge in [0.25, 0.3) is 0 Å². The van der Waals surface area contributed by atoms with Crippen LogP contribution in [0.25, 0.3) is 0 Å². The topological polar surface area (TPSA) is 25.2 Å². The van der Waals surface area contributed by atoms with Gasteiger partial charge in [0.15, 0.2) is 0 Å². The monoisotopic (exact) mass is 254 g/mol. The molecule has 1 atom stereocenters. The molecule has 0 saturated heterocycles. The van der Waals surface area contributed by atoms with Crippen LogP contribution in [0.3, 0.4) is 0 Å². The molecule has 1 aromatic heterocycles. The molecule has 3 rings (SSSR count). The third-order valence-electron chi connectivity index (χ3n) is 4.06. The van der Waals surface area contributed by atoms with E-state index in [0.717, 1.165) is 12.2 Å². The van der Waals surface area contributed by atoms with Gasteiger partial charge in [0.2, 0.25) is 11.8 Å². The van der Waals surface area contributed by atoms with Gasteiger partial charge in [0.1, 0.15) is 0 Å². The van der Waals surface area contributed by atoms with E-state index in [1.807, 2.05) is 25.3 Å². The van der Waals surface area contributed by atoms with Crippen molar-refractivity contribution in [3.63, 3.8) is 0 Å². The highest BCUT2D eigenvalue weighted by atomic mass is 19.3. The van der Waals surface area contributed by atoms with Gasteiger partial charge in [-0.1, -0.05) is 0 Å². The summed E-state index contributed by atoms with van der Waals surface area (Å²) in [6, 6.07) is 3.92. The number of fused-ring (bicyclic) bond motifs is 1. The van der Waals surface area contributed by atoms with Crippen LogP contribution in [0.5, 0.6) is 0 Å². The Balaban J connectivity index is 1.73. The molecular formula is C13H16F2N2O. The zero-order chi connectivity index (χ0) is 12.9. The van der Waals surface area contributed by atoms with Gasteiger partial charge in [0, 0.05) is 43.7 Å². The van der Waals surface area contributed by atoms with E-state index in [1.54, 1.807) is 4.90 Å². The van der Waals surface area contributed by atoms with Crippen molar-refractivity contribution < 1.29 is 13.6 Å². The molecule has 2 heterocycles. The number of halogens is 2. The first kappa shape index (κ1) is 11.7. The van der Waals surface area contributed by atoms with Gasteiger partial charge in [-0.05, 0) is 19.1 Å². The summed E-state index contributed by atoms with van der Waals surface area (Å²) < 4.78 is 27.8. The van der Waals surface area contributed by atoms with E-state index in [1.165, 1.54) is 0 Å². The summed E-state index contributed by atoms with van der Waals surface area (Å²) in [6.45, 7) is 3.32. The molecule has 18 heavy (non-hydrogen) atoms. The van der Waals surface area contributed by atoms with Crippen LogP contribution in [-0.2, 0) is 11.3 Å². The second kappa shape index (κ2) is 3.80. The van der Waals surface area contributed by atoms with E-state index in [4.69, 9.17) is 0 Å². The highest BCUT2D eigenvalue weighted by Gasteiger charge is 2.50. The zero-order valence-corrected chi connectivity index (χ0v) is 10.3. The molecule has 2 aliphatic rings. The minimum absolute atomic E-state index is 0.0181. The maximum Gasteiger partial charge on any atom is 0.249 e. The fraction of sp³-hybridized carbons (Fsp3) is 0.615. The van der Waals surface area contributed by atoms with Gasteiger partial charge >= 0.3 is 0 Å². The summed E-state index contributed by atoms with van der Waals surface area (Å²) in [4.78, 5) is 13.9. The Morgan fingerprint density at radius 3 is 2.78 bits per heavy atom. The van der Waals surface area contributed by atoms with E-state index in [-0.39, 0.29) is 24.8 Å². The molecule has 1 unspecified atom stereocenters. The third kappa shape index (κ3) is 1.72. The van der Waals surface area contributed by atoms with Crippen LogP contribution in [0.2, 0.25) is 0 Å². The van der Waals surface area contributed by atoms with Gasteiger partial charge in [-0.25, -0.2) is 8.78 Å². The van der Waals surface area contributed by atoms with Crippen molar-refractivity contribution >= 4 is 5.91 Å². The van der Waals surface area contributed by atoms with Crippen molar-refractivity contribution in [2.45, 2.75) is 38.3 Å². The van der Waals surface area contributed by atoms with Gasteiger partial charge in [-0.3, -0.25) is 4.79 Å². The van der Waals surface area contributed by atoms with E-state index < -0.39 is 11.8 Å². The summed E-state index contributed by atoms with van der Waals surface area (Å²) in [5.41, 5.74) is 1.08. The molecule has 0 radical (unpaired) electrons. The summed E-state index contributed by atoms with van der Waals surface area (Å²) in [6.07, 6.45) is 1.43. The Bertz CT molecular complexity index is 475. The first-order valence-corrected chi connectivity index (χ1v) is 6.31. The average molecular weight is 254 g/mol. The van der Waals surface area contributed by atoms with Crippen molar-refractivity contribution in [3.8, 4) is 0 Å². The molecule has 1 aliphatic heterocycles. The summed E-state index contributed by atoms with van der Waals surface area (Å²) in [7, 11) is 0. The molecule has 0 aromatic carbocycles. The minimum Gasteiger partial charge on any atom is -0.348 e. The average Bonchev–Trinajstić information content (AvgIpc) is 2.74. The number of hydrogen-bond acceptors (Lipinski definition) is 1. The van der Waals surface area contributed by atoms with E-state index in [9.17, 15) is 13.6 Å². The Hall–Kier alpha value is -1.39. The van der Waals surface area contributed by atoms with Crippen LogP contribution in [0, 0.1) is 5.92 Å². The number of carbonyl (C=O) groups is 1. The van der Waals surface area contributed by atoms with Crippen molar-refractivity contribution in [3.05, 3.63) is 24.0 Å². The van der Waals surface area contributed by atoms with Gasteiger partial charge in [-0.15, -0.1) is 0 Å². The smallest absolute Gasteiger partial charge is 0.249 e. The van der Waals surface area contributed by atoms with Crippen LogP contribution in [0.4, 0.5) is 8.78 Å². The molecule has 5 heteroatoms. The van der Waals surface area contributed by atoms with Crippen molar-refractivity contribution in [1.82, 2.24) is 9.47 Å². The second-order valence-corrected chi connectivity index (χ2v) is 5.30. The maximum atomic E-state index is 12.8. The molecule has 1 aliphatic carbocycles. The van der Waals surface area contributed by atoms with Gasteiger partial charge < -0.3 is 9.47 Å². The molecule has 0 bridgehead atoms. The van der Waals surface area contributed by atoms with E-state index >= 15 is 0 Å². The molecule has 1 saturated carbocycles. The Morgan fingerprint density at radius 2 is 2.11 bits per heavy atom. The highest BCUT2D eigenvalue weighted by molar-refractivity contribution is 5.80. The normalized spacial score (nSPS) is 26.6. The number of aromatic nitrogens is 1. The molecular weight excluding hydrogens is 238 g/mol. The van der Waals surface area contributed by atoms with Crippen LogP contribution >= 0.6 is 0 Å². The predicted octanol–water partition coefficient (Wildman–Crippen LogP) is 2.44. The fourth-order valence-corrected chi connectivity index (χ4v) is 2.95. The Labute approximate surface area is 104 Å². The van der Waals surface area contributed by atoms with Crippen LogP contribution < -0.4 is 0 Å². The molecule has 0 spiro atoms. The summed E-state index contributed by atoms with van der Waals surface area (Å²) >= 11 is 0. The number of carbonyl (C=O) groups excluding carboxylic acids is 1. The summed E-state index contributed by atoms with van der Waals surface area (Å²) in [5.74, 6) is -3.22. The standard InChI is InChI=1S/C13H16F2N2O/c1-9-11-3-2-4-16(11)5-6-17(9)12(18)10-7-13(14,15)8-10/h2-4,9-10H,5-8H2,1H3. The molecule has 0 N–H and O–H groups in total. The number of nitrogens with zero attached hydrogens (tertiary/aromatic N) is 2. The Kier molecular flexibility index (Phi) is 2.47. The maximum absolute atomic E-state index is 12.8. The molecule has 1 fully saturated rings. The number of rotatable bonds is 1. The largest absolute Gasteiger partial charge is 0.348 e. The van der Waals surface area contributed by atoms with E-state index in [0.29, 0.717) is 6.54 Å². The van der Waals surface area contributed by atoms with Crippen molar-refractivity contribution in [2.75, 3.05) is 6.54 Å². The zero-order valence-electron chi connectivity index (χ0n) is 10.3.